The van der Waals surface area contributed by atoms with Crippen LogP contribution in [0.5, 0.6) is 0 Å². The number of allylic oxidation sites excluding steroid dienone is 5. The van der Waals surface area contributed by atoms with E-state index in [1.807, 2.05) is 5.57 Å². The molecule has 2 saturated carbocycles. The van der Waals surface area contributed by atoms with E-state index in [4.69, 9.17) is 4.74 Å². The Hall–Kier alpha value is -1.76. The first kappa shape index (κ1) is 20.2. The quantitative estimate of drug-likeness (QED) is 0.472. The van der Waals surface area contributed by atoms with E-state index < -0.39 is 0 Å². The van der Waals surface area contributed by atoms with E-state index in [-0.39, 0.29) is 6.10 Å². The summed E-state index contributed by atoms with van der Waals surface area (Å²) in [6.07, 6.45) is 22.4. The van der Waals surface area contributed by atoms with Gasteiger partial charge in [-0.25, -0.2) is 0 Å². The summed E-state index contributed by atoms with van der Waals surface area (Å²) in [5, 5.41) is 0. The van der Waals surface area contributed by atoms with Gasteiger partial charge >= 0.3 is 0 Å². The van der Waals surface area contributed by atoms with Gasteiger partial charge in [0.25, 0.3) is 0 Å². The van der Waals surface area contributed by atoms with Crippen LogP contribution in [0.3, 0.4) is 0 Å². The topological polar surface area (TPSA) is 9.23 Å². The van der Waals surface area contributed by atoms with Crippen molar-refractivity contribution in [2.75, 3.05) is 0 Å². The van der Waals surface area contributed by atoms with E-state index in [2.05, 4.69) is 55.5 Å². The zero-order valence-electron chi connectivity index (χ0n) is 18.7. The van der Waals surface area contributed by atoms with Gasteiger partial charge in [-0.2, -0.15) is 0 Å². The Kier molecular flexibility index (Phi) is 6.16. The molecular formula is C29H38O. The number of hydrogen-bond acceptors (Lipinski definition) is 1. The number of fused-ring (bicyclic) bond motifs is 5. The molecule has 0 aromatic heterocycles. The van der Waals surface area contributed by atoms with Crippen molar-refractivity contribution in [3.63, 3.8) is 0 Å². The van der Waals surface area contributed by atoms with Crippen LogP contribution in [0.25, 0.3) is 0 Å². The third-order valence-corrected chi connectivity index (χ3v) is 8.26. The molecule has 0 amide bonds. The highest BCUT2D eigenvalue weighted by molar-refractivity contribution is 5.44. The van der Waals surface area contributed by atoms with Crippen molar-refractivity contribution >= 4 is 0 Å². The van der Waals surface area contributed by atoms with Gasteiger partial charge in [-0.3, -0.25) is 0 Å². The molecule has 0 radical (unpaired) electrons. The first-order chi connectivity index (χ1) is 14.8. The Morgan fingerprint density at radius 2 is 1.77 bits per heavy atom. The average Bonchev–Trinajstić information content (AvgIpc) is 2.80. The highest BCUT2D eigenvalue weighted by atomic mass is 16.5. The molecule has 0 bridgehead atoms. The van der Waals surface area contributed by atoms with Gasteiger partial charge in [0.1, 0.15) is 5.76 Å². The van der Waals surface area contributed by atoms with Crippen molar-refractivity contribution < 1.29 is 4.74 Å². The molecule has 160 valence electrons. The molecule has 4 aliphatic carbocycles. The molecule has 4 aliphatic rings. The molecule has 0 spiro atoms. The fourth-order valence-corrected chi connectivity index (χ4v) is 6.89. The van der Waals surface area contributed by atoms with Crippen molar-refractivity contribution in [1.82, 2.24) is 0 Å². The molecule has 5 rings (SSSR count). The molecule has 0 N–H and O–H groups in total. The van der Waals surface area contributed by atoms with Crippen molar-refractivity contribution in [2.24, 2.45) is 23.7 Å². The molecule has 2 fully saturated rings. The molecule has 30 heavy (non-hydrogen) atoms. The molecule has 1 heteroatoms. The second kappa shape index (κ2) is 9.16. The summed E-state index contributed by atoms with van der Waals surface area (Å²) < 4.78 is 6.43. The Labute approximate surface area is 183 Å². The number of hydrogen-bond donors (Lipinski definition) is 0. The number of rotatable bonds is 6. The maximum absolute atomic E-state index is 6.43. The molecule has 5 atom stereocenters. The minimum absolute atomic E-state index is 0.278. The zero-order valence-corrected chi connectivity index (χ0v) is 18.7. The monoisotopic (exact) mass is 402 g/mol. The number of aryl methyl sites for hydroxylation is 1. The van der Waals surface area contributed by atoms with Crippen LogP contribution in [0, 0.1) is 23.7 Å². The second-order valence-corrected chi connectivity index (χ2v) is 10.2. The number of ether oxygens (including phenoxy) is 1. The van der Waals surface area contributed by atoms with Gasteiger partial charge in [0.05, 0.1) is 6.10 Å². The Balaban J connectivity index is 1.26. The maximum atomic E-state index is 6.43. The Morgan fingerprint density at radius 3 is 2.63 bits per heavy atom. The standard InChI is InChI=1S/C29H38O/c1-21(10-9-13-22-11-3-2-4-12-22)30-23-18-19-28-26-16-6-5-14-24(26)25-15-7-8-17-27(25)29(28)20-23/h2-4,11-12,18-21,24-26,28H,5-10,13-17H2,1H3. The van der Waals surface area contributed by atoms with Crippen LogP contribution in [0.1, 0.15) is 76.7 Å². The average molecular weight is 403 g/mol. The predicted molar refractivity (Wildman–Crippen MR) is 125 cm³/mol. The lowest BCUT2D eigenvalue weighted by Gasteiger charge is -2.49. The van der Waals surface area contributed by atoms with Gasteiger partial charge in [0.15, 0.2) is 0 Å². The van der Waals surface area contributed by atoms with Crippen LogP contribution in [0.4, 0.5) is 0 Å². The fourth-order valence-electron chi connectivity index (χ4n) is 6.89. The minimum Gasteiger partial charge on any atom is -0.491 e. The van der Waals surface area contributed by atoms with Crippen LogP contribution >= 0.6 is 0 Å². The van der Waals surface area contributed by atoms with E-state index in [1.54, 1.807) is 5.57 Å². The van der Waals surface area contributed by atoms with Crippen LogP contribution in [-0.2, 0) is 11.2 Å². The van der Waals surface area contributed by atoms with Gasteiger partial charge in [0, 0.05) is 5.92 Å². The SMILES string of the molecule is CC(CCCc1ccccc1)OC1=CC2=C3CCCCC3C3CCCCC3C2C=C1. The van der Waals surface area contributed by atoms with Crippen molar-refractivity contribution in [2.45, 2.75) is 83.7 Å². The van der Waals surface area contributed by atoms with Crippen molar-refractivity contribution in [1.29, 1.82) is 0 Å². The highest BCUT2D eigenvalue weighted by Gasteiger charge is 2.44. The predicted octanol–water partition coefficient (Wildman–Crippen LogP) is 7.79. The van der Waals surface area contributed by atoms with Gasteiger partial charge in [-0.15, -0.1) is 0 Å². The van der Waals surface area contributed by atoms with Gasteiger partial charge in [0.2, 0.25) is 0 Å². The van der Waals surface area contributed by atoms with Gasteiger partial charge in [-0.05, 0) is 99.3 Å². The van der Waals surface area contributed by atoms with E-state index in [1.165, 1.54) is 63.4 Å². The normalized spacial score (nSPS) is 31.3. The second-order valence-electron chi connectivity index (χ2n) is 10.2. The first-order valence-electron chi connectivity index (χ1n) is 12.6. The van der Waals surface area contributed by atoms with E-state index in [0.717, 1.165) is 36.4 Å². The molecule has 0 heterocycles. The highest BCUT2D eigenvalue weighted by Crippen LogP contribution is 2.55. The summed E-state index contributed by atoms with van der Waals surface area (Å²) in [6.45, 7) is 2.24. The lowest BCUT2D eigenvalue weighted by molar-refractivity contribution is 0.112. The number of benzene rings is 1. The maximum Gasteiger partial charge on any atom is 0.119 e. The van der Waals surface area contributed by atoms with Crippen molar-refractivity contribution in [3.8, 4) is 0 Å². The zero-order chi connectivity index (χ0) is 20.3. The fraction of sp³-hybridized carbons (Fsp3) is 0.586. The third-order valence-electron chi connectivity index (χ3n) is 8.26. The Bertz CT molecular complexity index is 814. The largest absolute Gasteiger partial charge is 0.491 e. The van der Waals surface area contributed by atoms with E-state index in [0.29, 0.717) is 5.92 Å². The summed E-state index contributed by atoms with van der Waals surface area (Å²) in [7, 11) is 0. The van der Waals surface area contributed by atoms with Crippen molar-refractivity contribution in [3.05, 3.63) is 71.0 Å². The molecule has 1 aromatic carbocycles. The van der Waals surface area contributed by atoms with Crippen LogP contribution in [-0.4, -0.2) is 6.10 Å². The molecule has 0 aliphatic heterocycles. The van der Waals surface area contributed by atoms with E-state index >= 15 is 0 Å². The summed E-state index contributed by atoms with van der Waals surface area (Å²) in [5.41, 5.74) is 4.91. The van der Waals surface area contributed by atoms with Crippen LogP contribution in [0.15, 0.2) is 65.5 Å². The summed E-state index contributed by atoms with van der Waals surface area (Å²) in [5.74, 6) is 4.50. The molecule has 1 nitrogen and oxygen atoms in total. The van der Waals surface area contributed by atoms with E-state index in [9.17, 15) is 0 Å². The van der Waals surface area contributed by atoms with Crippen LogP contribution < -0.4 is 0 Å². The molecule has 5 unspecified atom stereocenters. The third kappa shape index (κ3) is 4.18. The Morgan fingerprint density at radius 1 is 0.967 bits per heavy atom. The summed E-state index contributed by atoms with van der Waals surface area (Å²) in [4.78, 5) is 0. The van der Waals surface area contributed by atoms with Gasteiger partial charge < -0.3 is 4.74 Å². The summed E-state index contributed by atoms with van der Waals surface area (Å²) in [6, 6.07) is 10.8. The van der Waals surface area contributed by atoms with Gasteiger partial charge in [-0.1, -0.05) is 61.2 Å². The minimum atomic E-state index is 0.278. The molecule has 0 saturated heterocycles. The van der Waals surface area contributed by atoms with Crippen LogP contribution in [0.2, 0.25) is 0 Å². The first-order valence-corrected chi connectivity index (χ1v) is 12.6. The molecular weight excluding hydrogens is 364 g/mol. The lowest BCUT2D eigenvalue weighted by atomic mass is 9.56. The molecule has 1 aromatic rings. The summed E-state index contributed by atoms with van der Waals surface area (Å²) >= 11 is 0. The lowest BCUT2D eigenvalue weighted by Crippen LogP contribution is -2.39. The smallest absolute Gasteiger partial charge is 0.119 e.